The summed E-state index contributed by atoms with van der Waals surface area (Å²) in [7, 11) is 0. The Kier molecular flexibility index (Phi) is 47.0. The maximum absolute atomic E-state index is 12.4. The van der Waals surface area contributed by atoms with Gasteiger partial charge in [-0.2, -0.15) is 0 Å². The quantitative estimate of drug-likeness (QED) is 0.0424. The highest BCUT2D eigenvalue weighted by molar-refractivity contribution is 5.76. The highest BCUT2D eigenvalue weighted by Crippen LogP contribution is 2.12. The van der Waals surface area contributed by atoms with Gasteiger partial charge in [0.05, 0.1) is 18.8 Å². The van der Waals surface area contributed by atoms with Crippen molar-refractivity contribution in [3.8, 4) is 0 Å². The summed E-state index contributed by atoms with van der Waals surface area (Å²) in [6.07, 6.45) is 78.5. The van der Waals surface area contributed by atoms with E-state index in [9.17, 15) is 15.0 Å². The van der Waals surface area contributed by atoms with Crippen LogP contribution in [0, 0.1) is 0 Å². The maximum atomic E-state index is 12.4. The number of aliphatic hydroxyl groups excluding tert-OH is 2. The Morgan fingerprint density at radius 2 is 0.750 bits per heavy atom. The molecule has 1 amide bonds. The molecule has 3 N–H and O–H groups in total. The molecule has 338 valence electrons. The third-order valence-electron chi connectivity index (χ3n) is 10.1. The molecule has 0 saturated heterocycles. The Morgan fingerprint density at radius 3 is 1.17 bits per heavy atom. The standard InChI is InChI=1S/C56H91NO3/c1-3-5-7-9-11-13-15-17-19-20-21-22-23-24-25-26-27-28-29-30-31-32-33-34-35-36-38-40-42-44-46-48-50-52-56(60)57-54(53-58)55(59)51-49-47-45-43-41-39-37-18-16-14-12-10-8-6-4-2/h5,7,11,13,17,19,21-22,24-25,27-28,30-31,33-34,36,38,41,43,49,51,54-55,58-59H,3-4,6,8-10,12,14-16,18,20,23,26,29,32,35,37,39-40,42,44-48,50,52-53H2,1-2H3,(H,57,60)/b7-5-,13-11-,19-17-,22-21-,25-24-,28-27-,31-30-,34-33-,38-36-,43-41+,51-49+. The molecule has 0 fully saturated rings. The van der Waals surface area contributed by atoms with Gasteiger partial charge in [0.25, 0.3) is 0 Å². The minimum atomic E-state index is -0.880. The molecule has 2 atom stereocenters. The lowest BCUT2D eigenvalue weighted by atomic mass is 10.1. The summed E-state index contributed by atoms with van der Waals surface area (Å²) < 4.78 is 0. The van der Waals surface area contributed by atoms with Gasteiger partial charge in [-0.25, -0.2) is 0 Å². The first-order valence-corrected chi connectivity index (χ1v) is 24.4. The molecule has 60 heavy (non-hydrogen) atoms. The predicted molar refractivity (Wildman–Crippen MR) is 266 cm³/mol. The van der Waals surface area contributed by atoms with Crippen LogP contribution in [-0.2, 0) is 4.79 Å². The zero-order valence-corrected chi connectivity index (χ0v) is 38.7. The predicted octanol–water partition coefficient (Wildman–Crippen LogP) is 15.9. The van der Waals surface area contributed by atoms with E-state index in [0.29, 0.717) is 6.42 Å². The van der Waals surface area contributed by atoms with Crippen LogP contribution in [0.3, 0.4) is 0 Å². The number of aliphatic hydroxyl groups is 2. The Labute approximate surface area is 371 Å². The van der Waals surface area contributed by atoms with E-state index in [0.717, 1.165) is 103 Å². The zero-order valence-electron chi connectivity index (χ0n) is 38.7. The van der Waals surface area contributed by atoms with Gasteiger partial charge in [0.2, 0.25) is 5.91 Å². The normalized spacial score (nSPS) is 14.1. The van der Waals surface area contributed by atoms with E-state index in [1.54, 1.807) is 6.08 Å². The number of rotatable bonds is 42. The van der Waals surface area contributed by atoms with Crippen molar-refractivity contribution in [3.05, 3.63) is 134 Å². The Bertz CT molecular complexity index is 1260. The first-order valence-electron chi connectivity index (χ1n) is 24.4. The fourth-order valence-electron chi connectivity index (χ4n) is 6.42. The minimum Gasteiger partial charge on any atom is -0.394 e. The molecule has 0 aliphatic carbocycles. The Balaban J connectivity index is 3.73. The monoisotopic (exact) mass is 826 g/mol. The molecule has 0 bridgehead atoms. The third-order valence-corrected chi connectivity index (χ3v) is 10.1. The molecule has 0 aliphatic heterocycles. The van der Waals surface area contributed by atoms with Gasteiger partial charge in [-0.3, -0.25) is 4.79 Å². The summed E-state index contributed by atoms with van der Waals surface area (Å²) in [5.74, 6) is -0.0997. The molecule has 0 aromatic heterocycles. The summed E-state index contributed by atoms with van der Waals surface area (Å²) in [5, 5.41) is 23.0. The van der Waals surface area contributed by atoms with Gasteiger partial charge in [-0.1, -0.05) is 218 Å². The molecular weight excluding hydrogens is 735 g/mol. The molecule has 0 spiro atoms. The second kappa shape index (κ2) is 49.9. The molecule has 0 heterocycles. The van der Waals surface area contributed by atoms with Crippen LogP contribution in [0.1, 0.15) is 194 Å². The molecule has 0 aromatic rings. The van der Waals surface area contributed by atoms with Gasteiger partial charge >= 0.3 is 0 Å². The van der Waals surface area contributed by atoms with E-state index in [2.05, 4.69) is 141 Å². The van der Waals surface area contributed by atoms with Crippen molar-refractivity contribution in [2.24, 2.45) is 0 Å². The van der Waals surface area contributed by atoms with E-state index in [4.69, 9.17) is 0 Å². The lowest BCUT2D eigenvalue weighted by molar-refractivity contribution is -0.123. The molecule has 0 saturated carbocycles. The summed E-state index contributed by atoms with van der Waals surface area (Å²) >= 11 is 0. The van der Waals surface area contributed by atoms with Crippen molar-refractivity contribution < 1.29 is 15.0 Å². The maximum Gasteiger partial charge on any atom is 0.220 e. The van der Waals surface area contributed by atoms with Crippen molar-refractivity contribution in [2.75, 3.05) is 6.61 Å². The van der Waals surface area contributed by atoms with Gasteiger partial charge in [0.15, 0.2) is 0 Å². The summed E-state index contributed by atoms with van der Waals surface area (Å²) in [5.41, 5.74) is 0. The number of hydrogen-bond donors (Lipinski definition) is 3. The van der Waals surface area contributed by atoms with Crippen molar-refractivity contribution in [1.82, 2.24) is 5.32 Å². The molecule has 4 heteroatoms. The van der Waals surface area contributed by atoms with Crippen LogP contribution in [0.15, 0.2) is 134 Å². The van der Waals surface area contributed by atoms with E-state index in [1.165, 1.54) is 70.6 Å². The van der Waals surface area contributed by atoms with Gasteiger partial charge in [0.1, 0.15) is 0 Å². The molecule has 0 radical (unpaired) electrons. The van der Waals surface area contributed by atoms with Gasteiger partial charge < -0.3 is 15.5 Å². The van der Waals surface area contributed by atoms with E-state index in [-0.39, 0.29) is 12.5 Å². The zero-order chi connectivity index (χ0) is 43.5. The van der Waals surface area contributed by atoms with E-state index < -0.39 is 12.1 Å². The van der Waals surface area contributed by atoms with Gasteiger partial charge in [-0.05, 0) is 103 Å². The van der Waals surface area contributed by atoms with Gasteiger partial charge in [0, 0.05) is 6.42 Å². The van der Waals surface area contributed by atoms with Crippen LogP contribution in [0.5, 0.6) is 0 Å². The van der Waals surface area contributed by atoms with Gasteiger partial charge in [-0.15, -0.1) is 0 Å². The van der Waals surface area contributed by atoms with Crippen molar-refractivity contribution in [2.45, 2.75) is 206 Å². The number of carbonyl (C=O) groups is 1. The smallest absolute Gasteiger partial charge is 0.220 e. The first kappa shape index (κ1) is 56.5. The largest absolute Gasteiger partial charge is 0.394 e. The van der Waals surface area contributed by atoms with Crippen molar-refractivity contribution in [3.63, 3.8) is 0 Å². The summed E-state index contributed by atoms with van der Waals surface area (Å²) in [4.78, 5) is 12.4. The summed E-state index contributed by atoms with van der Waals surface area (Å²) in [6, 6.07) is -0.659. The number of hydrogen-bond acceptors (Lipinski definition) is 3. The third kappa shape index (κ3) is 45.6. The van der Waals surface area contributed by atoms with Crippen LogP contribution in [0.4, 0.5) is 0 Å². The van der Waals surface area contributed by atoms with Crippen LogP contribution in [0.2, 0.25) is 0 Å². The highest BCUT2D eigenvalue weighted by atomic mass is 16.3. The number of unbranched alkanes of at least 4 members (excludes halogenated alkanes) is 15. The second-order valence-corrected chi connectivity index (χ2v) is 15.8. The van der Waals surface area contributed by atoms with Crippen LogP contribution < -0.4 is 5.32 Å². The Morgan fingerprint density at radius 1 is 0.417 bits per heavy atom. The van der Waals surface area contributed by atoms with Crippen molar-refractivity contribution >= 4 is 5.91 Å². The SMILES string of the molecule is CC/C=C\C/C=C\C/C=C\C/C=C\C/C=C\C/C=C\C/C=C\C/C=C\C/C=C\CCCCCCCC(=O)NC(CO)C(O)/C=C/CC/C=C/CCCCCCCCCCC. The molecule has 0 aromatic carbocycles. The lowest BCUT2D eigenvalue weighted by Gasteiger charge is -2.19. The highest BCUT2D eigenvalue weighted by Gasteiger charge is 2.17. The average molecular weight is 826 g/mol. The number of carbonyl (C=O) groups excluding carboxylic acids is 1. The summed E-state index contributed by atoms with van der Waals surface area (Å²) in [6.45, 7) is 4.15. The van der Waals surface area contributed by atoms with Crippen molar-refractivity contribution in [1.29, 1.82) is 0 Å². The molecule has 2 unspecified atom stereocenters. The molecule has 0 aliphatic rings. The minimum absolute atomic E-state index is 0.0997. The average Bonchev–Trinajstić information content (AvgIpc) is 3.25. The number of allylic oxidation sites excluding steroid dienone is 21. The van der Waals surface area contributed by atoms with Crippen LogP contribution in [-0.4, -0.2) is 34.9 Å². The van der Waals surface area contributed by atoms with Crippen LogP contribution >= 0.6 is 0 Å². The second-order valence-electron chi connectivity index (χ2n) is 15.8. The number of amides is 1. The number of nitrogens with one attached hydrogen (secondary N) is 1. The fourth-order valence-corrected chi connectivity index (χ4v) is 6.42. The molecule has 0 rings (SSSR count). The molecular formula is C56H91NO3. The van der Waals surface area contributed by atoms with E-state index >= 15 is 0 Å². The fraction of sp³-hybridized carbons (Fsp3) is 0.589. The first-order chi connectivity index (χ1) is 29.7. The van der Waals surface area contributed by atoms with E-state index in [1.807, 2.05) is 6.08 Å². The molecule has 4 nitrogen and oxygen atoms in total. The Hall–Kier alpha value is -3.47. The van der Waals surface area contributed by atoms with Crippen LogP contribution in [0.25, 0.3) is 0 Å². The lowest BCUT2D eigenvalue weighted by Crippen LogP contribution is -2.45. The topological polar surface area (TPSA) is 69.6 Å².